The van der Waals surface area contributed by atoms with Crippen LogP contribution in [-0.2, 0) is 4.79 Å². The van der Waals surface area contributed by atoms with Gasteiger partial charge in [-0.1, -0.05) is 28.9 Å². The van der Waals surface area contributed by atoms with Crippen LogP contribution < -0.4 is 10.1 Å². The van der Waals surface area contributed by atoms with E-state index in [0.29, 0.717) is 23.8 Å². The lowest BCUT2D eigenvalue weighted by Gasteiger charge is -2.02. The van der Waals surface area contributed by atoms with Crippen LogP contribution in [0, 0.1) is 6.92 Å². The molecule has 1 N–H and O–H groups in total. The maximum atomic E-state index is 12.0. The van der Waals surface area contributed by atoms with E-state index in [1.165, 1.54) is 5.56 Å². The van der Waals surface area contributed by atoms with E-state index in [1.807, 2.05) is 25.1 Å². The zero-order chi connectivity index (χ0) is 18.4. The number of carbonyl (C=O) groups excluding carboxylic acids is 1. The van der Waals surface area contributed by atoms with Crippen LogP contribution in [0.1, 0.15) is 12.0 Å². The molecule has 0 fully saturated rings. The Morgan fingerprint density at radius 2 is 2.00 bits per heavy atom. The van der Waals surface area contributed by atoms with Crippen molar-refractivity contribution in [1.29, 1.82) is 0 Å². The molecule has 0 spiro atoms. The van der Waals surface area contributed by atoms with Gasteiger partial charge in [0.15, 0.2) is 0 Å². The molecule has 0 aliphatic heterocycles. The van der Waals surface area contributed by atoms with Crippen molar-refractivity contribution in [3.63, 3.8) is 0 Å². The molecule has 1 aromatic heterocycles. The first-order chi connectivity index (χ1) is 12.6. The molecule has 1 heterocycles. The first-order valence-electron chi connectivity index (χ1n) is 8.11. The average Bonchev–Trinajstić information content (AvgIpc) is 3.12. The van der Waals surface area contributed by atoms with Gasteiger partial charge in [0.25, 0.3) is 0 Å². The minimum Gasteiger partial charge on any atom is -0.497 e. The summed E-state index contributed by atoms with van der Waals surface area (Å²) in [5, 5.41) is 10.5. The predicted octanol–water partition coefficient (Wildman–Crippen LogP) is 4.17. The maximum Gasteiger partial charge on any atom is 0.322 e. The number of hydrogen-bond donors (Lipinski definition) is 1. The van der Waals surface area contributed by atoms with Gasteiger partial charge in [-0.05, 0) is 37.3 Å². The number of nitrogens with one attached hydrogen (secondary N) is 1. The zero-order valence-corrected chi connectivity index (χ0v) is 15.4. The summed E-state index contributed by atoms with van der Waals surface area (Å²) in [6.45, 7) is 2.05. The molecule has 0 saturated heterocycles. The Hall–Kier alpha value is -2.80. The van der Waals surface area contributed by atoms with Gasteiger partial charge in [-0.25, -0.2) is 0 Å². The molecule has 26 heavy (non-hydrogen) atoms. The minimum absolute atomic E-state index is 0.0909. The van der Waals surface area contributed by atoms with E-state index in [4.69, 9.17) is 9.15 Å². The Kier molecular flexibility index (Phi) is 5.91. The molecule has 0 atom stereocenters. The largest absolute Gasteiger partial charge is 0.497 e. The van der Waals surface area contributed by atoms with Crippen molar-refractivity contribution < 1.29 is 13.9 Å². The summed E-state index contributed by atoms with van der Waals surface area (Å²) in [4.78, 5) is 13.2. The van der Waals surface area contributed by atoms with Crippen molar-refractivity contribution in [3.8, 4) is 17.2 Å². The normalized spacial score (nSPS) is 10.5. The van der Waals surface area contributed by atoms with E-state index >= 15 is 0 Å². The molecule has 0 aliphatic rings. The quantitative estimate of drug-likeness (QED) is 0.630. The molecule has 6 nitrogen and oxygen atoms in total. The topological polar surface area (TPSA) is 77.3 Å². The molecule has 2 aromatic carbocycles. The molecule has 0 saturated carbocycles. The van der Waals surface area contributed by atoms with Gasteiger partial charge in [-0.2, -0.15) is 0 Å². The van der Waals surface area contributed by atoms with Crippen molar-refractivity contribution in [3.05, 3.63) is 54.1 Å². The van der Waals surface area contributed by atoms with Gasteiger partial charge in [0, 0.05) is 22.6 Å². The number of benzene rings is 2. The summed E-state index contributed by atoms with van der Waals surface area (Å²) in [5.41, 5.74) is 1.95. The summed E-state index contributed by atoms with van der Waals surface area (Å²) < 4.78 is 10.7. The van der Waals surface area contributed by atoms with Crippen molar-refractivity contribution in [2.24, 2.45) is 0 Å². The van der Waals surface area contributed by atoms with Gasteiger partial charge in [0.2, 0.25) is 11.8 Å². The lowest BCUT2D eigenvalue weighted by Crippen LogP contribution is -2.12. The molecule has 0 unspecified atom stereocenters. The molecular weight excluding hydrogens is 350 g/mol. The van der Waals surface area contributed by atoms with Crippen LogP contribution >= 0.6 is 11.8 Å². The van der Waals surface area contributed by atoms with Crippen LogP contribution in [0.4, 0.5) is 6.01 Å². The number of thioether (sulfide) groups is 1. The first kappa shape index (κ1) is 18.0. The Balaban J connectivity index is 1.51. The Morgan fingerprint density at radius 3 is 2.77 bits per heavy atom. The smallest absolute Gasteiger partial charge is 0.322 e. The van der Waals surface area contributed by atoms with Gasteiger partial charge >= 0.3 is 6.01 Å². The molecule has 3 aromatic rings. The molecular formula is C19H19N3O3S. The molecule has 0 aliphatic carbocycles. The second-order valence-corrected chi connectivity index (χ2v) is 6.77. The molecule has 7 heteroatoms. The van der Waals surface area contributed by atoms with Crippen LogP contribution in [-0.4, -0.2) is 29.0 Å². The van der Waals surface area contributed by atoms with E-state index in [2.05, 4.69) is 39.8 Å². The van der Waals surface area contributed by atoms with Crippen LogP contribution in [0.15, 0.2) is 57.8 Å². The predicted molar refractivity (Wildman–Crippen MR) is 101 cm³/mol. The van der Waals surface area contributed by atoms with Gasteiger partial charge in [-0.15, -0.1) is 16.9 Å². The maximum absolute atomic E-state index is 12.0. The summed E-state index contributed by atoms with van der Waals surface area (Å²) in [6.07, 6.45) is 0.357. The Bertz CT molecular complexity index is 878. The van der Waals surface area contributed by atoms with Crippen molar-refractivity contribution in [1.82, 2.24) is 10.2 Å². The van der Waals surface area contributed by atoms with Crippen LogP contribution in [0.3, 0.4) is 0 Å². The third-order valence-corrected chi connectivity index (χ3v) is 4.62. The highest BCUT2D eigenvalue weighted by Crippen LogP contribution is 2.24. The van der Waals surface area contributed by atoms with E-state index in [1.54, 1.807) is 24.9 Å². The number of methoxy groups -OCH3 is 1. The number of amides is 1. The Morgan fingerprint density at radius 1 is 1.19 bits per heavy atom. The highest BCUT2D eigenvalue weighted by atomic mass is 32.2. The van der Waals surface area contributed by atoms with Gasteiger partial charge in [0.1, 0.15) is 5.75 Å². The second kappa shape index (κ2) is 8.53. The molecule has 134 valence electrons. The van der Waals surface area contributed by atoms with E-state index in [0.717, 1.165) is 10.5 Å². The monoisotopic (exact) mass is 369 g/mol. The van der Waals surface area contributed by atoms with Gasteiger partial charge < -0.3 is 9.15 Å². The third kappa shape index (κ3) is 4.86. The number of carbonyl (C=O) groups is 1. The van der Waals surface area contributed by atoms with E-state index in [-0.39, 0.29) is 11.9 Å². The fourth-order valence-corrected chi connectivity index (χ4v) is 3.08. The lowest BCUT2D eigenvalue weighted by atomic mass is 10.2. The standard InChI is InChI=1S/C19H19N3O3S/c1-13-6-8-16(9-7-13)26-11-10-17(23)20-19-22-21-18(25-19)14-4-3-5-15(12-14)24-2/h3-9,12H,10-11H2,1-2H3,(H,20,22,23). The highest BCUT2D eigenvalue weighted by molar-refractivity contribution is 7.99. The van der Waals surface area contributed by atoms with Gasteiger partial charge in [0.05, 0.1) is 7.11 Å². The number of anilines is 1. The summed E-state index contributed by atoms with van der Waals surface area (Å²) >= 11 is 1.63. The summed E-state index contributed by atoms with van der Waals surface area (Å²) in [6, 6.07) is 15.6. The molecule has 1 amide bonds. The van der Waals surface area contributed by atoms with Crippen molar-refractivity contribution in [2.45, 2.75) is 18.2 Å². The number of ether oxygens (including phenoxy) is 1. The third-order valence-electron chi connectivity index (χ3n) is 3.61. The molecule has 0 radical (unpaired) electrons. The summed E-state index contributed by atoms with van der Waals surface area (Å²) in [5.74, 6) is 1.53. The second-order valence-electron chi connectivity index (χ2n) is 5.60. The van der Waals surface area contributed by atoms with E-state index < -0.39 is 0 Å². The fourth-order valence-electron chi connectivity index (χ4n) is 2.22. The number of nitrogens with zero attached hydrogens (tertiary/aromatic N) is 2. The van der Waals surface area contributed by atoms with Crippen LogP contribution in [0.2, 0.25) is 0 Å². The molecule has 0 bridgehead atoms. The zero-order valence-electron chi connectivity index (χ0n) is 14.6. The fraction of sp³-hybridized carbons (Fsp3) is 0.211. The van der Waals surface area contributed by atoms with Crippen LogP contribution in [0.25, 0.3) is 11.5 Å². The average molecular weight is 369 g/mol. The number of hydrogen-bond acceptors (Lipinski definition) is 6. The SMILES string of the molecule is COc1cccc(-c2nnc(NC(=O)CCSc3ccc(C)cc3)o2)c1. The number of rotatable bonds is 7. The lowest BCUT2D eigenvalue weighted by molar-refractivity contribution is -0.115. The minimum atomic E-state index is -0.162. The van der Waals surface area contributed by atoms with Gasteiger partial charge in [-0.3, -0.25) is 10.1 Å². The van der Waals surface area contributed by atoms with Crippen molar-refractivity contribution in [2.75, 3.05) is 18.2 Å². The highest BCUT2D eigenvalue weighted by Gasteiger charge is 2.12. The Labute approximate surface area is 156 Å². The van der Waals surface area contributed by atoms with Crippen molar-refractivity contribution >= 4 is 23.7 Å². The van der Waals surface area contributed by atoms with E-state index in [9.17, 15) is 4.79 Å². The number of aromatic nitrogens is 2. The van der Waals surface area contributed by atoms with Crippen LogP contribution in [0.5, 0.6) is 5.75 Å². The first-order valence-corrected chi connectivity index (χ1v) is 9.10. The molecule has 3 rings (SSSR count). The summed E-state index contributed by atoms with van der Waals surface area (Å²) in [7, 11) is 1.59. The number of aryl methyl sites for hydroxylation is 1.